The van der Waals surface area contributed by atoms with Gasteiger partial charge < -0.3 is 9.32 Å². The SMILES string of the molecule is O=C1C(c2ccccc2)N(Cc2ccccc2)C(=O)N1Cc1ncc(-c2cccc(Cl)c2)o1. The highest BCUT2D eigenvalue weighted by atomic mass is 35.5. The van der Waals surface area contributed by atoms with Crippen LogP contribution in [0.4, 0.5) is 4.79 Å². The predicted molar refractivity (Wildman–Crippen MR) is 124 cm³/mol. The minimum Gasteiger partial charge on any atom is -0.439 e. The van der Waals surface area contributed by atoms with Crippen LogP contribution in [0.2, 0.25) is 5.02 Å². The highest BCUT2D eigenvalue weighted by molar-refractivity contribution is 6.30. The molecule has 1 aromatic heterocycles. The number of oxazole rings is 1. The summed E-state index contributed by atoms with van der Waals surface area (Å²) in [5.41, 5.74) is 2.48. The Bertz CT molecular complexity index is 1290. The molecule has 1 atom stereocenters. The molecule has 7 heteroatoms. The molecule has 0 bridgehead atoms. The van der Waals surface area contributed by atoms with Gasteiger partial charge in [-0.2, -0.15) is 0 Å². The van der Waals surface area contributed by atoms with E-state index in [2.05, 4.69) is 4.98 Å². The molecule has 4 aromatic rings. The van der Waals surface area contributed by atoms with Crippen LogP contribution in [-0.2, 0) is 17.9 Å². The number of benzene rings is 3. The maximum atomic E-state index is 13.4. The first kappa shape index (κ1) is 21.0. The van der Waals surface area contributed by atoms with Gasteiger partial charge in [-0.15, -0.1) is 0 Å². The first-order valence-electron chi connectivity index (χ1n) is 10.5. The molecule has 0 spiro atoms. The lowest BCUT2D eigenvalue weighted by molar-refractivity contribution is -0.129. The van der Waals surface area contributed by atoms with Crippen molar-refractivity contribution in [2.24, 2.45) is 0 Å². The third-order valence-corrected chi connectivity index (χ3v) is 5.79. The molecule has 33 heavy (non-hydrogen) atoms. The summed E-state index contributed by atoms with van der Waals surface area (Å²) in [5, 5.41) is 0.581. The number of nitrogens with zero attached hydrogens (tertiary/aromatic N) is 3. The van der Waals surface area contributed by atoms with E-state index in [0.717, 1.165) is 16.7 Å². The lowest BCUT2D eigenvalue weighted by Gasteiger charge is -2.22. The molecule has 1 aliphatic rings. The Labute approximate surface area is 196 Å². The smallest absolute Gasteiger partial charge is 0.328 e. The molecular weight excluding hydrogens is 438 g/mol. The van der Waals surface area contributed by atoms with Crippen molar-refractivity contribution in [3.05, 3.63) is 113 Å². The van der Waals surface area contributed by atoms with Gasteiger partial charge in [0.05, 0.1) is 6.20 Å². The van der Waals surface area contributed by atoms with Crippen molar-refractivity contribution in [3.63, 3.8) is 0 Å². The van der Waals surface area contributed by atoms with Crippen molar-refractivity contribution >= 4 is 23.5 Å². The van der Waals surface area contributed by atoms with E-state index >= 15 is 0 Å². The number of urea groups is 1. The first-order valence-corrected chi connectivity index (χ1v) is 10.9. The molecule has 6 nitrogen and oxygen atoms in total. The van der Waals surface area contributed by atoms with E-state index in [1.165, 1.54) is 4.90 Å². The zero-order chi connectivity index (χ0) is 22.8. The number of aromatic nitrogens is 1. The van der Waals surface area contributed by atoms with Crippen LogP contribution in [0.15, 0.2) is 95.5 Å². The van der Waals surface area contributed by atoms with Crippen molar-refractivity contribution in [2.45, 2.75) is 19.1 Å². The van der Waals surface area contributed by atoms with Gasteiger partial charge in [0.15, 0.2) is 5.76 Å². The average Bonchev–Trinajstić information content (AvgIpc) is 3.40. The van der Waals surface area contributed by atoms with Gasteiger partial charge >= 0.3 is 6.03 Å². The van der Waals surface area contributed by atoms with Crippen molar-refractivity contribution in [1.82, 2.24) is 14.8 Å². The third-order valence-electron chi connectivity index (χ3n) is 5.56. The topological polar surface area (TPSA) is 66.7 Å². The van der Waals surface area contributed by atoms with E-state index in [1.807, 2.05) is 72.8 Å². The van der Waals surface area contributed by atoms with Gasteiger partial charge in [0, 0.05) is 17.1 Å². The van der Waals surface area contributed by atoms with Crippen LogP contribution in [0.25, 0.3) is 11.3 Å². The maximum Gasteiger partial charge on any atom is 0.328 e. The first-order chi connectivity index (χ1) is 16.1. The summed E-state index contributed by atoms with van der Waals surface area (Å²) in [6, 6.07) is 25.1. The van der Waals surface area contributed by atoms with E-state index in [0.29, 0.717) is 17.3 Å². The zero-order valence-electron chi connectivity index (χ0n) is 17.6. The number of carbonyl (C=O) groups is 2. The molecule has 164 valence electrons. The van der Waals surface area contributed by atoms with Crippen LogP contribution < -0.4 is 0 Å². The van der Waals surface area contributed by atoms with Gasteiger partial charge in [-0.3, -0.25) is 9.69 Å². The van der Waals surface area contributed by atoms with Gasteiger partial charge in [-0.25, -0.2) is 9.78 Å². The summed E-state index contributed by atoms with van der Waals surface area (Å²) in [5.74, 6) is 0.497. The third kappa shape index (κ3) is 4.25. The molecular formula is C26H20ClN3O3. The van der Waals surface area contributed by atoms with Crippen molar-refractivity contribution in [2.75, 3.05) is 0 Å². The summed E-state index contributed by atoms with van der Waals surface area (Å²) >= 11 is 6.07. The quantitative estimate of drug-likeness (QED) is 0.348. The number of amides is 3. The van der Waals surface area contributed by atoms with Crippen LogP contribution in [0.5, 0.6) is 0 Å². The molecule has 0 saturated carbocycles. The number of halogens is 1. The second-order valence-electron chi connectivity index (χ2n) is 7.76. The normalized spacial score (nSPS) is 16.0. The lowest BCUT2D eigenvalue weighted by atomic mass is 10.1. The van der Waals surface area contributed by atoms with Crippen LogP contribution >= 0.6 is 11.6 Å². The molecule has 1 aliphatic heterocycles. The average molecular weight is 458 g/mol. The van der Waals surface area contributed by atoms with Gasteiger partial charge in [-0.05, 0) is 23.3 Å². The summed E-state index contributed by atoms with van der Waals surface area (Å²) in [6.45, 7) is 0.272. The molecule has 0 radical (unpaired) electrons. The zero-order valence-corrected chi connectivity index (χ0v) is 18.4. The molecule has 2 heterocycles. The summed E-state index contributed by atoms with van der Waals surface area (Å²) < 4.78 is 5.84. The summed E-state index contributed by atoms with van der Waals surface area (Å²) in [6.07, 6.45) is 1.57. The van der Waals surface area contributed by atoms with Gasteiger partial charge in [0.25, 0.3) is 5.91 Å². The number of carbonyl (C=O) groups excluding carboxylic acids is 2. The fourth-order valence-electron chi connectivity index (χ4n) is 3.98. The minimum absolute atomic E-state index is 0.0488. The van der Waals surface area contributed by atoms with E-state index in [9.17, 15) is 9.59 Å². The van der Waals surface area contributed by atoms with E-state index in [-0.39, 0.29) is 24.4 Å². The van der Waals surface area contributed by atoms with E-state index in [4.69, 9.17) is 16.0 Å². The molecule has 1 unspecified atom stereocenters. The fourth-order valence-corrected chi connectivity index (χ4v) is 4.17. The van der Waals surface area contributed by atoms with Gasteiger partial charge in [-0.1, -0.05) is 84.4 Å². The van der Waals surface area contributed by atoms with Gasteiger partial charge in [0.2, 0.25) is 5.89 Å². The molecule has 1 fully saturated rings. The van der Waals surface area contributed by atoms with Crippen LogP contribution in [0.3, 0.4) is 0 Å². The molecule has 0 N–H and O–H groups in total. The Morgan fingerprint density at radius 2 is 1.61 bits per heavy atom. The standard InChI is InChI=1S/C26H20ClN3O3/c27-21-13-7-12-20(14-21)22-15-28-23(33-22)17-30-25(31)24(19-10-5-2-6-11-19)29(26(30)32)16-18-8-3-1-4-9-18/h1-15,24H,16-17H2. The van der Waals surface area contributed by atoms with Crippen LogP contribution in [0, 0.1) is 0 Å². The minimum atomic E-state index is -0.707. The number of imide groups is 1. The van der Waals surface area contributed by atoms with Gasteiger partial charge in [0.1, 0.15) is 12.6 Å². The number of rotatable bonds is 6. The molecule has 5 rings (SSSR count). The highest BCUT2D eigenvalue weighted by Crippen LogP contribution is 2.34. The second kappa shape index (κ2) is 8.92. The Balaban J connectivity index is 1.43. The largest absolute Gasteiger partial charge is 0.439 e. The fraction of sp³-hybridized carbons (Fsp3) is 0.115. The number of hydrogen-bond donors (Lipinski definition) is 0. The highest BCUT2D eigenvalue weighted by Gasteiger charge is 2.46. The summed E-state index contributed by atoms with van der Waals surface area (Å²) in [4.78, 5) is 33.9. The van der Waals surface area contributed by atoms with Crippen LogP contribution in [0.1, 0.15) is 23.1 Å². The monoisotopic (exact) mass is 457 g/mol. The molecule has 3 aromatic carbocycles. The van der Waals surface area contributed by atoms with Crippen molar-refractivity contribution in [1.29, 1.82) is 0 Å². The Kier molecular flexibility index (Phi) is 5.67. The number of hydrogen-bond acceptors (Lipinski definition) is 4. The second-order valence-corrected chi connectivity index (χ2v) is 8.20. The molecule has 3 amide bonds. The van der Waals surface area contributed by atoms with E-state index in [1.54, 1.807) is 23.2 Å². The van der Waals surface area contributed by atoms with Crippen LogP contribution in [-0.4, -0.2) is 26.7 Å². The molecule has 0 aliphatic carbocycles. The van der Waals surface area contributed by atoms with Crippen molar-refractivity contribution < 1.29 is 14.0 Å². The van der Waals surface area contributed by atoms with Crippen molar-refractivity contribution in [3.8, 4) is 11.3 Å². The Morgan fingerprint density at radius 1 is 0.879 bits per heavy atom. The Hall–Kier alpha value is -3.90. The predicted octanol–water partition coefficient (Wildman–Crippen LogP) is 5.70. The van der Waals surface area contributed by atoms with E-state index < -0.39 is 6.04 Å². The Morgan fingerprint density at radius 3 is 2.33 bits per heavy atom. The summed E-state index contributed by atoms with van der Waals surface area (Å²) in [7, 11) is 0. The maximum absolute atomic E-state index is 13.4. The molecule has 1 saturated heterocycles. The lowest BCUT2D eigenvalue weighted by Crippen LogP contribution is -2.32.